The van der Waals surface area contributed by atoms with Gasteiger partial charge in [0.25, 0.3) is 5.91 Å². The summed E-state index contributed by atoms with van der Waals surface area (Å²) in [7, 11) is 0. The van der Waals surface area contributed by atoms with Crippen molar-refractivity contribution in [3.63, 3.8) is 0 Å². The van der Waals surface area contributed by atoms with Gasteiger partial charge in [-0.15, -0.1) is 10.2 Å². The highest BCUT2D eigenvalue weighted by Crippen LogP contribution is 2.45. The Labute approximate surface area is 144 Å². The van der Waals surface area contributed by atoms with Gasteiger partial charge in [0.15, 0.2) is 0 Å². The Morgan fingerprint density at radius 2 is 2.33 bits per heavy atom. The van der Waals surface area contributed by atoms with Crippen LogP contribution in [-0.2, 0) is 0 Å². The summed E-state index contributed by atoms with van der Waals surface area (Å²) in [5, 5.41) is 20.3. The van der Waals surface area contributed by atoms with Crippen LogP contribution in [0.25, 0.3) is 0 Å². The van der Waals surface area contributed by atoms with Crippen molar-refractivity contribution in [3.8, 4) is 0 Å². The number of amides is 1. The molecular formula is C16H22N6OS. The lowest BCUT2D eigenvalue weighted by atomic mass is 9.69. The molecule has 2 atom stereocenters. The van der Waals surface area contributed by atoms with E-state index in [9.17, 15) is 4.79 Å². The summed E-state index contributed by atoms with van der Waals surface area (Å²) in [5.41, 5.74) is 0.752. The molecule has 4 rings (SSSR count). The molecule has 2 aromatic rings. The van der Waals surface area contributed by atoms with E-state index in [0.717, 1.165) is 42.5 Å². The summed E-state index contributed by atoms with van der Waals surface area (Å²) in [4.78, 5) is 14.8. The van der Waals surface area contributed by atoms with Crippen molar-refractivity contribution in [2.45, 2.75) is 45.1 Å². The third-order valence-corrected chi connectivity index (χ3v) is 6.29. The number of carbonyl (C=O) groups excluding carboxylic acids is 1. The first kappa shape index (κ1) is 15.6. The fourth-order valence-electron chi connectivity index (χ4n) is 4.11. The van der Waals surface area contributed by atoms with Crippen molar-refractivity contribution >= 4 is 22.4 Å². The summed E-state index contributed by atoms with van der Waals surface area (Å²) in [6.07, 6.45) is 8.95. The van der Waals surface area contributed by atoms with E-state index in [0.29, 0.717) is 5.56 Å². The SMILES string of the molecule is Cc1nnc(N2CCC3(CCCCC3NC(=O)c3cn[nH]c3)C2)s1. The summed E-state index contributed by atoms with van der Waals surface area (Å²) >= 11 is 1.65. The molecule has 2 aliphatic rings. The van der Waals surface area contributed by atoms with Crippen LogP contribution in [-0.4, -0.2) is 45.4 Å². The minimum atomic E-state index is -0.0276. The second-order valence-electron chi connectivity index (χ2n) is 6.90. The average Bonchev–Trinajstić information content (AvgIpc) is 3.31. The van der Waals surface area contributed by atoms with Crippen molar-refractivity contribution in [1.82, 2.24) is 25.7 Å². The van der Waals surface area contributed by atoms with Gasteiger partial charge in [-0.25, -0.2) is 0 Å². The second kappa shape index (κ2) is 6.16. The van der Waals surface area contributed by atoms with Crippen LogP contribution in [0.5, 0.6) is 0 Å². The molecule has 0 aromatic carbocycles. The lowest BCUT2D eigenvalue weighted by Gasteiger charge is -2.41. The Morgan fingerprint density at radius 1 is 1.42 bits per heavy atom. The standard InChI is InChI=1S/C16H22N6OS/c1-11-20-21-15(24-11)22-7-6-16(10-22)5-3-2-4-13(16)19-14(23)12-8-17-18-9-12/h8-9,13H,2-7,10H2,1H3,(H,17,18)(H,19,23). The number of anilines is 1. The fraction of sp³-hybridized carbons (Fsp3) is 0.625. The first-order chi connectivity index (χ1) is 11.7. The lowest BCUT2D eigenvalue weighted by Crippen LogP contribution is -2.51. The number of H-pyrrole nitrogens is 1. The monoisotopic (exact) mass is 346 g/mol. The molecule has 128 valence electrons. The number of rotatable bonds is 3. The molecule has 3 heterocycles. The molecule has 1 amide bonds. The van der Waals surface area contributed by atoms with Crippen LogP contribution < -0.4 is 10.2 Å². The average molecular weight is 346 g/mol. The number of aromatic amines is 1. The quantitative estimate of drug-likeness (QED) is 0.889. The normalized spacial score (nSPS) is 26.9. The molecule has 0 radical (unpaired) electrons. The van der Waals surface area contributed by atoms with Crippen molar-refractivity contribution in [1.29, 1.82) is 0 Å². The molecule has 1 saturated carbocycles. The summed E-state index contributed by atoms with van der Waals surface area (Å²) in [6.45, 7) is 3.94. The summed E-state index contributed by atoms with van der Waals surface area (Å²) < 4.78 is 0. The Kier molecular flexibility index (Phi) is 3.99. The Morgan fingerprint density at radius 3 is 3.08 bits per heavy atom. The fourth-order valence-corrected chi connectivity index (χ4v) is 4.82. The van der Waals surface area contributed by atoms with E-state index in [1.807, 2.05) is 6.92 Å². The van der Waals surface area contributed by atoms with Gasteiger partial charge in [-0.05, 0) is 26.2 Å². The topological polar surface area (TPSA) is 86.8 Å². The highest BCUT2D eigenvalue weighted by molar-refractivity contribution is 7.15. The Bertz CT molecular complexity index is 714. The van der Waals surface area contributed by atoms with Gasteiger partial charge in [0.05, 0.1) is 11.8 Å². The maximum absolute atomic E-state index is 12.5. The van der Waals surface area contributed by atoms with Crippen LogP contribution in [0.3, 0.4) is 0 Å². The van der Waals surface area contributed by atoms with Gasteiger partial charge in [0, 0.05) is 30.7 Å². The van der Waals surface area contributed by atoms with E-state index >= 15 is 0 Å². The predicted molar refractivity (Wildman–Crippen MR) is 92.2 cm³/mol. The molecule has 1 aliphatic heterocycles. The number of hydrogen-bond donors (Lipinski definition) is 2. The van der Waals surface area contributed by atoms with Crippen LogP contribution >= 0.6 is 11.3 Å². The molecule has 2 aromatic heterocycles. The molecule has 2 N–H and O–H groups in total. The first-order valence-corrected chi connectivity index (χ1v) is 9.33. The minimum Gasteiger partial charge on any atom is -0.349 e. The molecule has 2 fully saturated rings. The number of aryl methyl sites for hydroxylation is 1. The molecule has 1 aliphatic carbocycles. The van der Waals surface area contributed by atoms with Gasteiger partial charge in [-0.2, -0.15) is 5.10 Å². The van der Waals surface area contributed by atoms with Gasteiger partial charge in [-0.1, -0.05) is 24.2 Å². The van der Waals surface area contributed by atoms with Gasteiger partial charge < -0.3 is 10.2 Å². The van der Waals surface area contributed by atoms with E-state index in [2.05, 4.69) is 30.6 Å². The maximum Gasteiger partial charge on any atom is 0.254 e. The van der Waals surface area contributed by atoms with Crippen molar-refractivity contribution in [2.24, 2.45) is 5.41 Å². The van der Waals surface area contributed by atoms with E-state index in [1.54, 1.807) is 23.7 Å². The predicted octanol–water partition coefficient (Wildman–Crippen LogP) is 2.14. The Hall–Kier alpha value is -1.96. The molecule has 8 heteroatoms. The molecule has 7 nitrogen and oxygen atoms in total. The molecule has 1 spiro atoms. The van der Waals surface area contributed by atoms with E-state index < -0.39 is 0 Å². The third kappa shape index (κ3) is 2.79. The highest BCUT2D eigenvalue weighted by atomic mass is 32.1. The van der Waals surface area contributed by atoms with Gasteiger partial charge in [0.2, 0.25) is 5.13 Å². The van der Waals surface area contributed by atoms with Crippen LogP contribution in [0.1, 0.15) is 47.5 Å². The van der Waals surface area contributed by atoms with Crippen molar-refractivity contribution in [3.05, 3.63) is 23.0 Å². The second-order valence-corrected chi connectivity index (χ2v) is 8.06. The van der Waals surface area contributed by atoms with Crippen LogP contribution in [0, 0.1) is 12.3 Å². The van der Waals surface area contributed by atoms with E-state index in [-0.39, 0.29) is 17.4 Å². The summed E-state index contributed by atoms with van der Waals surface area (Å²) in [5.74, 6) is -0.0276. The van der Waals surface area contributed by atoms with E-state index in [1.165, 1.54) is 12.8 Å². The molecular weight excluding hydrogens is 324 g/mol. The zero-order valence-corrected chi connectivity index (χ0v) is 14.6. The van der Waals surface area contributed by atoms with Gasteiger partial charge >= 0.3 is 0 Å². The molecule has 1 saturated heterocycles. The molecule has 0 bridgehead atoms. The highest BCUT2D eigenvalue weighted by Gasteiger charge is 2.47. The van der Waals surface area contributed by atoms with Gasteiger partial charge in [-0.3, -0.25) is 9.89 Å². The van der Waals surface area contributed by atoms with Crippen LogP contribution in [0.4, 0.5) is 5.13 Å². The van der Waals surface area contributed by atoms with Gasteiger partial charge in [0.1, 0.15) is 5.01 Å². The third-order valence-electron chi connectivity index (χ3n) is 5.39. The van der Waals surface area contributed by atoms with Crippen LogP contribution in [0.2, 0.25) is 0 Å². The largest absolute Gasteiger partial charge is 0.349 e. The number of nitrogens with one attached hydrogen (secondary N) is 2. The Balaban J connectivity index is 1.50. The minimum absolute atomic E-state index is 0.0276. The van der Waals surface area contributed by atoms with Crippen molar-refractivity contribution in [2.75, 3.05) is 18.0 Å². The smallest absolute Gasteiger partial charge is 0.254 e. The zero-order chi connectivity index (χ0) is 16.6. The maximum atomic E-state index is 12.5. The zero-order valence-electron chi connectivity index (χ0n) is 13.8. The lowest BCUT2D eigenvalue weighted by molar-refractivity contribution is 0.0833. The number of hydrogen-bond acceptors (Lipinski definition) is 6. The van der Waals surface area contributed by atoms with Crippen molar-refractivity contribution < 1.29 is 4.79 Å². The molecule has 2 unspecified atom stereocenters. The number of nitrogens with zero attached hydrogens (tertiary/aromatic N) is 4. The number of aromatic nitrogens is 4. The summed E-state index contributed by atoms with van der Waals surface area (Å²) in [6, 6.07) is 0.215. The van der Waals surface area contributed by atoms with Crippen LogP contribution in [0.15, 0.2) is 12.4 Å². The first-order valence-electron chi connectivity index (χ1n) is 8.51. The number of carbonyl (C=O) groups is 1. The molecule has 24 heavy (non-hydrogen) atoms. The van der Waals surface area contributed by atoms with E-state index in [4.69, 9.17) is 0 Å².